The first kappa shape index (κ1) is 32.7. The number of hydrogen-bond acceptors (Lipinski definition) is 5. The fourth-order valence-corrected chi connectivity index (χ4v) is 5.79. The van der Waals surface area contributed by atoms with E-state index in [1.165, 1.54) is 11.4 Å². The minimum atomic E-state index is -3.64. The molecule has 0 aliphatic rings. The van der Waals surface area contributed by atoms with Crippen LogP contribution in [0.2, 0.25) is 0 Å². The van der Waals surface area contributed by atoms with Gasteiger partial charge in [-0.2, -0.15) is 0 Å². The van der Waals surface area contributed by atoms with Crippen molar-refractivity contribution in [3.63, 3.8) is 0 Å². The van der Waals surface area contributed by atoms with Crippen molar-refractivity contribution >= 4 is 27.5 Å². The summed E-state index contributed by atoms with van der Waals surface area (Å²) in [5.74, 6) is 0.00572. The van der Waals surface area contributed by atoms with Crippen LogP contribution in [0.5, 0.6) is 5.75 Å². The Morgan fingerprint density at radius 1 is 0.952 bits per heavy atom. The lowest BCUT2D eigenvalue weighted by atomic mass is 10.0. The van der Waals surface area contributed by atoms with Crippen LogP contribution >= 0.6 is 0 Å². The second-order valence-corrected chi connectivity index (χ2v) is 12.6. The highest BCUT2D eigenvalue weighted by atomic mass is 32.2. The summed E-state index contributed by atoms with van der Waals surface area (Å²) in [7, 11) is -2.16. The lowest BCUT2D eigenvalue weighted by Gasteiger charge is -2.33. The zero-order chi connectivity index (χ0) is 30.7. The van der Waals surface area contributed by atoms with Crippen LogP contribution in [0.3, 0.4) is 0 Å². The van der Waals surface area contributed by atoms with E-state index in [0.29, 0.717) is 17.9 Å². The number of hydrogen-bond donors (Lipinski definition) is 1. The zero-order valence-electron chi connectivity index (χ0n) is 25.2. The molecule has 0 spiro atoms. The first-order valence-electron chi connectivity index (χ1n) is 14.3. The highest BCUT2D eigenvalue weighted by Crippen LogP contribution is 2.30. The van der Waals surface area contributed by atoms with E-state index in [0.717, 1.165) is 29.4 Å². The number of nitrogens with one attached hydrogen (secondary N) is 1. The molecular formula is C33H43N3O5S. The standard InChI is InChI=1S/C33H43N3O5S/c1-6-26(3)34-33(38)30(23-27-15-8-7-9-16-27)35(24-28-17-12-14-25(2)22-28)32(37)20-13-21-36(42(5,39)40)29-18-10-11-19-31(29)41-4/h7-12,14-19,22,26,30H,6,13,20-21,23-24H2,1-5H3,(H,34,38)/t26-,30+/m0/s1. The van der Waals surface area contributed by atoms with Gasteiger partial charge >= 0.3 is 0 Å². The Bertz CT molecular complexity index is 1430. The average Bonchev–Trinajstić information content (AvgIpc) is 2.96. The summed E-state index contributed by atoms with van der Waals surface area (Å²) in [4.78, 5) is 29.3. The summed E-state index contributed by atoms with van der Waals surface area (Å²) in [5, 5.41) is 3.08. The maximum Gasteiger partial charge on any atom is 0.243 e. The maximum absolute atomic E-state index is 14.0. The summed E-state index contributed by atoms with van der Waals surface area (Å²) in [5.41, 5.74) is 3.35. The molecule has 0 unspecified atom stereocenters. The highest BCUT2D eigenvalue weighted by molar-refractivity contribution is 7.92. The van der Waals surface area contributed by atoms with Crippen LogP contribution in [-0.4, -0.2) is 57.1 Å². The highest BCUT2D eigenvalue weighted by Gasteiger charge is 2.31. The second-order valence-electron chi connectivity index (χ2n) is 10.6. The van der Waals surface area contributed by atoms with Gasteiger partial charge in [0.1, 0.15) is 11.8 Å². The van der Waals surface area contributed by atoms with E-state index < -0.39 is 16.1 Å². The van der Waals surface area contributed by atoms with Crippen molar-refractivity contribution in [2.75, 3.05) is 24.2 Å². The molecule has 2 amide bonds. The van der Waals surface area contributed by atoms with Crippen LogP contribution in [-0.2, 0) is 32.6 Å². The minimum absolute atomic E-state index is 0.0455. The van der Waals surface area contributed by atoms with E-state index in [2.05, 4.69) is 5.32 Å². The van der Waals surface area contributed by atoms with Gasteiger partial charge in [0.25, 0.3) is 0 Å². The molecule has 9 heteroatoms. The van der Waals surface area contributed by atoms with E-state index in [-0.39, 0.29) is 43.8 Å². The first-order chi connectivity index (χ1) is 20.0. The number of aryl methyl sites for hydroxylation is 1. The number of carbonyl (C=O) groups excluding carboxylic acids is 2. The summed E-state index contributed by atoms with van der Waals surface area (Å²) in [6, 6.07) is 23.7. The molecule has 0 fully saturated rings. The van der Waals surface area contributed by atoms with Crippen LogP contribution in [0.25, 0.3) is 0 Å². The van der Waals surface area contributed by atoms with Gasteiger partial charge in [-0.05, 0) is 49.9 Å². The Balaban J connectivity index is 1.91. The molecule has 0 aliphatic heterocycles. The molecule has 226 valence electrons. The number of para-hydroxylation sites is 2. The monoisotopic (exact) mass is 593 g/mol. The molecule has 0 aliphatic carbocycles. The Hall–Kier alpha value is -3.85. The smallest absolute Gasteiger partial charge is 0.243 e. The first-order valence-corrected chi connectivity index (χ1v) is 16.2. The fraction of sp³-hybridized carbons (Fsp3) is 0.394. The summed E-state index contributed by atoms with van der Waals surface area (Å²) >= 11 is 0. The number of rotatable bonds is 15. The molecule has 1 N–H and O–H groups in total. The molecule has 0 aromatic heterocycles. The number of methoxy groups -OCH3 is 1. The van der Waals surface area contributed by atoms with Crippen LogP contribution < -0.4 is 14.4 Å². The number of carbonyl (C=O) groups is 2. The molecule has 0 saturated carbocycles. The number of ether oxygens (including phenoxy) is 1. The lowest BCUT2D eigenvalue weighted by molar-refractivity contribution is -0.141. The van der Waals surface area contributed by atoms with Gasteiger partial charge in [-0.1, -0.05) is 79.2 Å². The Morgan fingerprint density at radius 3 is 2.26 bits per heavy atom. The number of benzene rings is 3. The van der Waals surface area contributed by atoms with E-state index in [1.807, 2.05) is 75.4 Å². The molecule has 0 bridgehead atoms. The molecule has 0 saturated heterocycles. The SMILES string of the molecule is CC[C@H](C)NC(=O)[C@@H](Cc1ccccc1)N(Cc1cccc(C)c1)C(=O)CCCN(c1ccccc1OC)S(C)(=O)=O. The Labute approximate surface area is 250 Å². The van der Waals surface area contributed by atoms with E-state index in [9.17, 15) is 18.0 Å². The third-order valence-corrected chi connectivity index (χ3v) is 8.39. The van der Waals surface area contributed by atoms with Crippen molar-refractivity contribution in [2.24, 2.45) is 0 Å². The minimum Gasteiger partial charge on any atom is -0.495 e. The van der Waals surface area contributed by atoms with Crippen molar-refractivity contribution in [1.29, 1.82) is 0 Å². The predicted octanol–water partition coefficient (Wildman–Crippen LogP) is 5.10. The van der Waals surface area contributed by atoms with Crippen LogP contribution in [0, 0.1) is 6.92 Å². The zero-order valence-corrected chi connectivity index (χ0v) is 26.1. The molecule has 0 radical (unpaired) electrons. The van der Waals surface area contributed by atoms with Gasteiger partial charge < -0.3 is 15.0 Å². The average molecular weight is 594 g/mol. The van der Waals surface area contributed by atoms with Crippen LogP contribution in [0.1, 0.15) is 49.8 Å². The Morgan fingerprint density at radius 2 is 1.62 bits per heavy atom. The molecule has 3 rings (SSSR count). The lowest BCUT2D eigenvalue weighted by Crippen LogP contribution is -2.52. The summed E-state index contributed by atoms with van der Waals surface area (Å²) in [6.45, 7) is 6.29. The topological polar surface area (TPSA) is 96.0 Å². The Kier molecular flexibility index (Phi) is 12.0. The molecule has 42 heavy (non-hydrogen) atoms. The van der Waals surface area contributed by atoms with Crippen molar-refractivity contribution in [2.45, 2.75) is 65.1 Å². The third-order valence-electron chi connectivity index (χ3n) is 7.21. The number of amides is 2. The van der Waals surface area contributed by atoms with Gasteiger partial charge in [0, 0.05) is 32.0 Å². The van der Waals surface area contributed by atoms with Crippen LogP contribution in [0.4, 0.5) is 5.69 Å². The number of anilines is 1. The quantitative estimate of drug-likeness (QED) is 0.264. The number of sulfonamides is 1. The van der Waals surface area contributed by atoms with Gasteiger partial charge in [0.15, 0.2) is 0 Å². The van der Waals surface area contributed by atoms with Crippen molar-refractivity contribution < 1.29 is 22.7 Å². The largest absolute Gasteiger partial charge is 0.495 e. The normalized spacial score (nSPS) is 12.7. The van der Waals surface area contributed by atoms with Gasteiger partial charge in [-0.3, -0.25) is 13.9 Å². The number of nitrogens with zero attached hydrogens (tertiary/aromatic N) is 2. The van der Waals surface area contributed by atoms with Crippen molar-refractivity contribution in [3.8, 4) is 5.75 Å². The molecule has 2 atom stereocenters. The van der Waals surface area contributed by atoms with Gasteiger partial charge in [-0.25, -0.2) is 8.42 Å². The van der Waals surface area contributed by atoms with E-state index in [4.69, 9.17) is 4.74 Å². The second kappa shape index (κ2) is 15.4. The molecular weight excluding hydrogens is 550 g/mol. The third kappa shape index (κ3) is 9.34. The van der Waals surface area contributed by atoms with Crippen molar-refractivity contribution in [1.82, 2.24) is 10.2 Å². The van der Waals surface area contributed by atoms with Crippen LogP contribution in [0.15, 0.2) is 78.9 Å². The van der Waals surface area contributed by atoms with Gasteiger partial charge in [-0.15, -0.1) is 0 Å². The molecule has 0 heterocycles. The van der Waals surface area contributed by atoms with E-state index in [1.54, 1.807) is 29.2 Å². The van der Waals surface area contributed by atoms with Gasteiger partial charge in [0.05, 0.1) is 19.1 Å². The molecule has 3 aromatic carbocycles. The van der Waals surface area contributed by atoms with E-state index >= 15 is 0 Å². The molecule has 8 nitrogen and oxygen atoms in total. The summed E-state index contributed by atoms with van der Waals surface area (Å²) < 4.78 is 32.1. The maximum atomic E-state index is 14.0. The van der Waals surface area contributed by atoms with Crippen molar-refractivity contribution in [3.05, 3.63) is 95.6 Å². The molecule has 3 aromatic rings. The predicted molar refractivity (Wildman–Crippen MR) is 168 cm³/mol. The van der Waals surface area contributed by atoms with Gasteiger partial charge in [0.2, 0.25) is 21.8 Å². The fourth-order valence-electron chi connectivity index (χ4n) is 4.82. The summed E-state index contributed by atoms with van der Waals surface area (Å²) in [6.07, 6.45) is 2.59.